The van der Waals surface area contributed by atoms with E-state index in [0.29, 0.717) is 16.0 Å². The van der Waals surface area contributed by atoms with E-state index in [1.165, 1.54) is 23.5 Å². The Hall–Kier alpha value is -2.12. The Morgan fingerprint density at radius 2 is 2.19 bits per heavy atom. The number of carbonyl (C=O) groups excluding carboxylic acids is 1. The van der Waals surface area contributed by atoms with E-state index < -0.39 is 0 Å². The average molecular weight is 229 g/mol. The van der Waals surface area contributed by atoms with Gasteiger partial charge in [0, 0.05) is 5.56 Å². The first-order valence-electron chi connectivity index (χ1n) is 4.53. The number of aromatic hydroxyl groups is 1. The molecule has 1 aromatic heterocycles. The van der Waals surface area contributed by atoms with Crippen molar-refractivity contribution in [2.75, 3.05) is 0 Å². The van der Waals surface area contributed by atoms with E-state index >= 15 is 0 Å². The van der Waals surface area contributed by atoms with E-state index in [4.69, 9.17) is 5.26 Å². The molecule has 1 N–H and O–H groups in total. The molecule has 2 aromatic rings. The second kappa shape index (κ2) is 4.17. The third-order valence-electron chi connectivity index (χ3n) is 2.10. The van der Waals surface area contributed by atoms with Gasteiger partial charge in [-0.05, 0) is 23.6 Å². The number of carbonyl (C=O) groups is 1. The van der Waals surface area contributed by atoms with Crippen LogP contribution in [0.5, 0.6) is 5.75 Å². The Labute approximate surface area is 96.2 Å². The highest BCUT2D eigenvalue weighted by Crippen LogP contribution is 2.26. The lowest BCUT2D eigenvalue weighted by molar-refractivity contribution is 0.104. The van der Waals surface area contributed by atoms with Gasteiger partial charge in [-0.2, -0.15) is 5.26 Å². The molecule has 0 atom stereocenters. The molecular weight excluding hydrogens is 222 g/mol. The molecule has 0 saturated carbocycles. The predicted octanol–water partition coefficient (Wildman–Crippen LogP) is 2.56. The molecule has 4 heteroatoms. The van der Waals surface area contributed by atoms with Crippen LogP contribution in [0.25, 0.3) is 0 Å². The number of thiophene rings is 1. The fourth-order valence-corrected chi connectivity index (χ4v) is 2.08. The number of rotatable bonds is 2. The van der Waals surface area contributed by atoms with Gasteiger partial charge in [-0.3, -0.25) is 4.79 Å². The van der Waals surface area contributed by atoms with Crippen molar-refractivity contribution in [2.45, 2.75) is 0 Å². The van der Waals surface area contributed by atoms with Gasteiger partial charge in [0.2, 0.25) is 5.78 Å². The van der Waals surface area contributed by atoms with Crippen molar-refractivity contribution < 1.29 is 9.90 Å². The van der Waals surface area contributed by atoms with E-state index in [-0.39, 0.29) is 11.5 Å². The molecule has 0 bridgehead atoms. The highest BCUT2D eigenvalue weighted by atomic mass is 32.1. The molecule has 2 rings (SSSR count). The largest absolute Gasteiger partial charge is 0.506 e. The number of hydrogen-bond donors (Lipinski definition) is 1. The maximum atomic E-state index is 11.9. The molecule has 0 saturated heterocycles. The highest BCUT2D eigenvalue weighted by molar-refractivity contribution is 7.12. The van der Waals surface area contributed by atoms with Gasteiger partial charge >= 0.3 is 0 Å². The molecule has 0 spiro atoms. The van der Waals surface area contributed by atoms with Crippen molar-refractivity contribution in [1.29, 1.82) is 5.26 Å². The normalized spacial score (nSPS) is 9.69. The molecule has 1 aromatic carbocycles. The Bertz CT molecular complexity index is 581. The lowest BCUT2D eigenvalue weighted by atomic mass is 10.1. The standard InChI is InChI=1S/C12H7NO2S/c13-7-8-2-1-3-9(6-8)11(15)12-10(14)4-5-16-12/h1-6,14H. The van der Waals surface area contributed by atoms with E-state index in [1.807, 2.05) is 6.07 Å². The number of hydrogen-bond acceptors (Lipinski definition) is 4. The topological polar surface area (TPSA) is 61.1 Å². The molecule has 0 radical (unpaired) electrons. The second-order valence-electron chi connectivity index (χ2n) is 3.16. The molecule has 3 nitrogen and oxygen atoms in total. The third-order valence-corrected chi connectivity index (χ3v) is 3.01. The lowest BCUT2D eigenvalue weighted by Crippen LogP contribution is -1.99. The molecule has 0 aliphatic heterocycles. The summed E-state index contributed by atoms with van der Waals surface area (Å²) >= 11 is 1.18. The van der Waals surface area contributed by atoms with Crippen LogP contribution in [-0.2, 0) is 0 Å². The van der Waals surface area contributed by atoms with E-state index in [0.717, 1.165) is 0 Å². The smallest absolute Gasteiger partial charge is 0.206 e. The monoisotopic (exact) mass is 229 g/mol. The van der Waals surface area contributed by atoms with Crippen LogP contribution in [0.15, 0.2) is 35.7 Å². The number of benzene rings is 1. The summed E-state index contributed by atoms with van der Waals surface area (Å²) in [5, 5.41) is 19.8. The zero-order valence-electron chi connectivity index (χ0n) is 8.18. The van der Waals surface area contributed by atoms with Crippen molar-refractivity contribution in [3.05, 3.63) is 51.7 Å². The fraction of sp³-hybridized carbons (Fsp3) is 0. The first kappa shape index (κ1) is 10.4. The molecule has 0 fully saturated rings. The summed E-state index contributed by atoms with van der Waals surface area (Å²) in [6.45, 7) is 0. The van der Waals surface area contributed by atoms with Crippen LogP contribution in [-0.4, -0.2) is 10.9 Å². The molecule has 78 valence electrons. The van der Waals surface area contributed by atoms with Crippen LogP contribution in [0.1, 0.15) is 20.8 Å². The Balaban J connectivity index is 2.43. The SMILES string of the molecule is N#Cc1cccc(C(=O)c2sccc2O)c1. The summed E-state index contributed by atoms with van der Waals surface area (Å²) in [6, 6.07) is 9.87. The van der Waals surface area contributed by atoms with Gasteiger partial charge in [0.05, 0.1) is 11.6 Å². The molecule has 0 amide bonds. The minimum absolute atomic E-state index is 0.0163. The number of nitriles is 1. The zero-order valence-corrected chi connectivity index (χ0v) is 8.99. The molecule has 16 heavy (non-hydrogen) atoms. The summed E-state index contributed by atoms with van der Waals surface area (Å²) in [7, 11) is 0. The van der Waals surface area contributed by atoms with Gasteiger partial charge in [-0.25, -0.2) is 0 Å². The van der Waals surface area contributed by atoms with Gasteiger partial charge < -0.3 is 5.11 Å². The van der Waals surface area contributed by atoms with Crippen LogP contribution >= 0.6 is 11.3 Å². The maximum absolute atomic E-state index is 11.9. The molecular formula is C12H7NO2S. The Morgan fingerprint density at radius 3 is 2.81 bits per heavy atom. The highest BCUT2D eigenvalue weighted by Gasteiger charge is 2.14. The van der Waals surface area contributed by atoms with Crippen LogP contribution in [0.2, 0.25) is 0 Å². The Morgan fingerprint density at radius 1 is 1.38 bits per heavy atom. The van der Waals surface area contributed by atoms with Gasteiger partial charge in [0.1, 0.15) is 10.6 Å². The predicted molar refractivity (Wildman–Crippen MR) is 60.6 cm³/mol. The zero-order chi connectivity index (χ0) is 11.5. The summed E-state index contributed by atoms with van der Waals surface area (Å²) in [5.41, 5.74) is 0.846. The quantitative estimate of drug-likeness (QED) is 0.805. The van der Waals surface area contributed by atoms with Crippen LogP contribution < -0.4 is 0 Å². The summed E-state index contributed by atoms with van der Waals surface area (Å²) in [6.07, 6.45) is 0. The van der Waals surface area contributed by atoms with Crippen molar-refractivity contribution in [3.8, 4) is 11.8 Å². The molecule has 0 aliphatic carbocycles. The number of nitrogens with zero attached hydrogens (tertiary/aromatic N) is 1. The summed E-state index contributed by atoms with van der Waals surface area (Å²) < 4.78 is 0. The Kier molecular flexibility index (Phi) is 2.71. The van der Waals surface area contributed by atoms with E-state index in [2.05, 4.69) is 0 Å². The maximum Gasteiger partial charge on any atom is 0.206 e. The third kappa shape index (κ3) is 1.81. The lowest BCUT2D eigenvalue weighted by Gasteiger charge is -1.99. The minimum atomic E-state index is -0.260. The van der Waals surface area contributed by atoms with Gasteiger partial charge in [0.25, 0.3) is 0 Å². The molecule has 0 unspecified atom stereocenters. The minimum Gasteiger partial charge on any atom is -0.506 e. The van der Waals surface area contributed by atoms with Crippen molar-refractivity contribution in [2.24, 2.45) is 0 Å². The van der Waals surface area contributed by atoms with Gasteiger partial charge in [0.15, 0.2) is 0 Å². The number of ketones is 1. The van der Waals surface area contributed by atoms with Crippen molar-refractivity contribution >= 4 is 17.1 Å². The summed E-state index contributed by atoms with van der Waals surface area (Å²) in [5.74, 6) is -0.276. The van der Waals surface area contributed by atoms with E-state index in [1.54, 1.807) is 23.6 Å². The van der Waals surface area contributed by atoms with Crippen molar-refractivity contribution in [3.63, 3.8) is 0 Å². The van der Waals surface area contributed by atoms with Crippen LogP contribution in [0, 0.1) is 11.3 Å². The van der Waals surface area contributed by atoms with Crippen LogP contribution in [0.4, 0.5) is 0 Å². The first-order chi connectivity index (χ1) is 7.72. The summed E-state index contributed by atoms with van der Waals surface area (Å²) in [4.78, 5) is 12.2. The van der Waals surface area contributed by atoms with Crippen molar-refractivity contribution in [1.82, 2.24) is 0 Å². The van der Waals surface area contributed by atoms with Gasteiger partial charge in [-0.1, -0.05) is 12.1 Å². The molecule has 0 aliphatic rings. The average Bonchev–Trinajstić information content (AvgIpc) is 2.74. The fourth-order valence-electron chi connectivity index (χ4n) is 1.33. The first-order valence-corrected chi connectivity index (χ1v) is 5.41. The molecule has 1 heterocycles. The second-order valence-corrected chi connectivity index (χ2v) is 4.07. The van der Waals surface area contributed by atoms with Gasteiger partial charge in [-0.15, -0.1) is 11.3 Å². The van der Waals surface area contributed by atoms with E-state index in [9.17, 15) is 9.90 Å². The van der Waals surface area contributed by atoms with Crippen LogP contribution in [0.3, 0.4) is 0 Å².